The monoisotopic (exact) mass is 298 g/mol. The first kappa shape index (κ1) is 15.3. The van der Waals surface area contributed by atoms with E-state index in [1.165, 1.54) is 11.1 Å². The molecule has 0 N–H and O–H groups in total. The van der Waals surface area contributed by atoms with E-state index in [1.54, 1.807) is 10.4 Å². The Balaban J connectivity index is 2.71. The van der Waals surface area contributed by atoms with E-state index in [2.05, 4.69) is 87.8 Å². The average Bonchev–Trinajstić information content (AvgIpc) is 2.37. The van der Waals surface area contributed by atoms with Crippen LogP contribution in [0.25, 0.3) is 11.1 Å². The molecule has 0 radical (unpaired) electrons. The number of rotatable bonds is 3. The summed E-state index contributed by atoms with van der Waals surface area (Å²) in [6.45, 7) is 14.6. The SMILES string of the molecule is C[Si](C)(C)c1ccccc1-c1ccccc1[Si](C)(C)C. The molecule has 106 valence electrons. The molecule has 0 aliphatic heterocycles. The van der Waals surface area contributed by atoms with E-state index in [4.69, 9.17) is 0 Å². The van der Waals surface area contributed by atoms with Crippen molar-refractivity contribution in [1.29, 1.82) is 0 Å². The van der Waals surface area contributed by atoms with Gasteiger partial charge in [0.15, 0.2) is 0 Å². The van der Waals surface area contributed by atoms with Crippen LogP contribution in [0.2, 0.25) is 39.3 Å². The lowest BCUT2D eigenvalue weighted by atomic mass is 10.1. The molecule has 0 atom stereocenters. The smallest absolute Gasteiger partial charge is 0.0656 e. The standard InChI is InChI=1S/C18H26Si2/c1-19(2,3)17-13-9-7-11-15(17)16-12-8-10-14-18(16)20(4,5)6/h7-14H,1-6H3. The lowest BCUT2D eigenvalue weighted by Crippen LogP contribution is -2.42. The largest absolute Gasteiger partial charge is 0.0784 e. The van der Waals surface area contributed by atoms with Gasteiger partial charge in [-0.15, -0.1) is 0 Å². The Hall–Kier alpha value is -1.13. The molecule has 0 amide bonds. The van der Waals surface area contributed by atoms with E-state index in [0.29, 0.717) is 0 Å². The van der Waals surface area contributed by atoms with E-state index >= 15 is 0 Å². The fourth-order valence-corrected chi connectivity index (χ4v) is 5.99. The minimum Gasteiger partial charge on any atom is -0.0656 e. The maximum atomic E-state index is 2.43. The maximum absolute atomic E-state index is 2.43. The van der Waals surface area contributed by atoms with Crippen molar-refractivity contribution in [2.45, 2.75) is 39.3 Å². The Morgan fingerprint density at radius 2 is 0.800 bits per heavy atom. The van der Waals surface area contributed by atoms with Crippen LogP contribution >= 0.6 is 0 Å². The van der Waals surface area contributed by atoms with Gasteiger partial charge in [-0.2, -0.15) is 0 Å². The van der Waals surface area contributed by atoms with Crippen molar-refractivity contribution >= 4 is 26.5 Å². The van der Waals surface area contributed by atoms with Gasteiger partial charge in [-0.05, 0) is 11.1 Å². The van der Waals surface area contributed by atoms with Crippen LogP contribution in [0.4, 0.5) is 0 Å². The van der Waals surface area contributed by atoms with Crippen LogP contribution in [-0.2, 0) is 0 Å². The van der Waals surface area contributed by atoms with Crippen molar-refractivity contribution in [3.8, 4) is 11.1 Å². The topological polar surface area (TPSA) is 0 Å². The molecule has 2 heteroatoms. The van der Waals surface area contributed by atoms with Crippen LogP contribution < -0.4 is 10.4 Å². The van der Waals surface area contributed by atoms with Crippen molar-refractivity contribution in [3.63, 3.8) is 0 Å². The first-order valence-corrected chi connectivity index (χ1v) is 14.4. The Labute approximate surface area is 125 Å². The number of hydrogen-bond acceptors (Lipinski definition) is 0. The van der Waals surface area contributed by atoms with Crippen LogP contribution in [0.1, 0.15) is 0 Å². The van der Waals surface area contributed by atoms with Gasteiger partial charge in [-0.1, -0.05) is 98.2 Å². The van der Waals surface area contributed by atoms with Crippen LogP contribution in [0.5, 0.6) is 0 Å². The third-order valence-electron chi connectivity index (χ3n) is 3.76. The van der Waals surface area contributed by atoms with E-state index in [9.17, 15) is 0 Å². The van der Waals surface area contributed by atoms with E-state index < -0.39 is 16.1 Å². The molecular formula is C18H26Si2. The quantitative estimate of drug-likeness (QED) is 0.735. The normalized spacial score (nSPS) is 12.5. The second kappa shape index (κ2) is 5.34. The lowest BCUT2D eigenvalue weighted by Gasteiger charge is -2.26. The van der Waals surface area contributed by atoms with E-state index in [1.807, 2.05) is 0 Å². The fraction of sp³-hybridized carbons (Fsp3) is 0.333. The summed E-state index contributed by atoms with van der Waals surface area (Å²) >= 11 is 0. The highest BCUT2D eigenvalue weighted by atomic mass is 28.3. The van der Waals surface area contributed by atoms with Gasteiger partial charge in [0.1, 0.15) is 0 Å². The van der Waals surface area contributed by atoms with Gasteiger partial charge >= 0.3 is 0 Å². The average molecular weight is 299 g/mol. The zero-order valence-corrected chi connectivity index (χ0v) is 15.6. The molecule has 0 aliphatic rings. The Kier molecular flexibility index (Phi) is 4.08. The summed E-state index contributed by atoms with van der Waals surface area (Å²) in [5.41, 5.74) is 2.93. The van der Waals surface area contributed by atoms with Crippen molar-refractivity contribution in [3.05, 3.63) is 48.5 Å². The number of hydrogen-bond donors (Lipinski definition) is 0. The minimum atomic E-state index is -1.33. The minimum absolute atomic E-state index is 1.33. The summed E-state index contributed by atoms with van der Waals surface area (Å²) in [6.07, 6.45) is 0. The zero-order chi connectivity index (χ0) is 15.0. The van der Waals surface area contributed by atoms with Gasteiger partial charge in [-0.25, -0.2) is 0 Å². The van der Waals surface area contributed by atoms with Crippen molar-refractivity contribution in [1.82, 2.24) is 0 Å². The molecule has 0 saturated carbocycles. The first-order chi connectivity index (χ1) is 9.21. The highest BCUT2D eigenvalue weighted by molar-refractivity contribution is 6.91. The van der Waals surface area contributed by atoms with E-state index in [-0.39, 0.29) is 0 Å². The number of benzene rings is 2. The molecule has 2 rings (SSSR count). The van der Waals surface area contributed by atoms with Crippen molar-refractivity contribution in [2.75, 3.05) is 0 Å². The second-order valence-corrected chi connectivity index (χ2v) is 17.7. The molecule has 0 spiro atoms. The van der Waals surface area contributed by atoms with Gasteiger partial charge in [0.25, 0.3) is 0 Å². The third-order valence-corrected chi connectivity index (χ3v) is 7.86. The highest BCUT2D eigenvalue weighted by Gasteiger charge is 2.25. The van der Waals surface area contributed by atoms with Gasteiger partial charge in [0.05, 0.1) is 16.1 Å². The molecule has 0 aromatic heterocycles. The predicted octanol–water partition coefficient (Wildman–Crippen LogP) is 4.44. The molecule has 0 fully saturated rings. The first-order valence-electron chi connectivity index (χ1n) is 7.40. The Bertz CT molecular complexity index is 546. The molecule has 0 saturated heterocycles. The van der Waals surface area contributed by atoms with Crippen molar-refractivity contribution in [2.24, 2.45) is 0 Å². The van der Waals surface area contributed by atoms with Crippen LogP contribution in [0.3, 0.4) is 0 Å². The summed E-state index contributed by atoms with van der Waals surface area (Å²) in [7, 11) is -2.65. The van der Waals surface area contributed by atoms with Crippen LogP contribution in [-0.4, -0.2) is 16.1 Å². The Morgan fingerprint density at radius 3 is 1.10 bits per heavy atom. The summed E-state index contributed by atoms with van der Waals surface area (Å²) in [5, 5.41) is 3.15. The predicted molar refractivity (Wildman–Crippen MR) is 97.8 cm³/mol. The highest BCUT2D eigenvalue weighted by Crippen LogP contribution is 2.21. The fourth-order valence-electron chi connectivity index (χ4n) is 2.74. The third kappa shape index (κ3) is 3.13. The molecule has 0 unspecified atom stereocenters. The molecule has 0 heterocycles. The van der Waals surface area contributed by atoms with Gasteiger partial charge in [0.2, 0.25) is 0 Å². The molecule has 0 bridgehead atoms. The molecule has 2 aromatic rings. The van der Waals surface area contributed by atoms with Gasteiger partial charge in [-0.3, -0.25) is 0 Å². The molecule has 0 aliphatic carbocycles. The van der Waals surface area contributed by atoms with Crippen LogP contribution in [0.15, 0.2) is 48.5 Å². The zero-order valence-electron chi connectivity index (χ0n) is 13.6. The maximum Gasteiger partial charge on any atom is 0.0784 e. The van der Waals surface area contributed by atoms with E-state index in [0.717, 1.165) is 0 Å². The summed E-state index contributed by atoms with van der Waals surface area (Å²) in [6, 6.07) is 18.0. The van der Waals surface area contributed by atoms with Gasteiger partial charge < -0.3 is 0 Å². The Morgan fingerprint density at radius 1 is 0.500 bits per heavy atom. The molecule has 2 aromatic carbocycles. The molecule has 0 nitrogen and oxygen atoms in total. The van der Waals surface area contributed by atoms with Gasteiger partial charge in [0, 0.05) is 0 Å². The van der Waals surface area contributed by atoms with Crippen LogP contribution in [0, 0.1) is 0 Å². The lowest BCUT2D eigenvalue weighted by molar-refractivity contribution is 1.61. The second-order valence-electron chi connectivity index (χ2n) is 7.59. The molecule has 20 heavy (non-hydrogen) atoms. The molecular weight excluding hydrogens is 272 g/mol. The summed E-state index contributed by atoms with van der Waals surface area (Å²) in [5.74, 6) is 0. The summed E-state index contributed by atoms with van der Waals surface area (Å²) < 4.78 is 0. The van der Waals surface area contributed by atoms with Crippen molar-refractivity contribution < 1.29 is 0 Å². The summed E-state index contributed by atoms with van der Waals surface area (Å²) in [4.78, 5) is 0.